The summed E-state index contributed by atoms with van der Waals surface area (Å²) in [5.74, 6) is -0.467. The van der Waals surface area contributed by atoms with Crippen molar-refractivity contribution < 1.29 is 4.79 Å². The molecule has 0 bridgehead atoms. The molecule has 0 aliphatic rings. The molecule has 0 spiro atoms. The summed E-state index contributed by atoms with van der Waals surface area (Å²) in [5.41, 5.74) is 9.53. The van der Waals surface area contributed by atoms with Crippen LogP contribution in [0.15, 0.2) is 42.7 Å². The fourth-order valence-electron chi connectivity index (χ4n) is 2.25. The molecule has 2 heterocycles. The van der Waals surface area contributed by atoms with Gasteiger partial charge in [0.15, 0.2) is 0 Å². The van der Waals surface area contributed by atoms with Gasteiger partial charge in [-0.15, -0.1) is 0 Å². The molecule has 0 saturated heterocycles. The number of aryl methyl sites for hydroxylation is 1. The molecule has 2 aromatic heterocycles. The molecule has 19 heavy (non-hydrogen) atoms. The predicted molar refractivity (Wildman–Crippen MR) is 74.8 cm³/mol. The molecule has 0 fully saturated rings. The van der Waals surface area contributed by atoms with Gasteiger partial charge >= 0.3 is 0 Å². The number of nitrogens with one attached hydrogen (secondary N) is 1. The van der Waals surface area contributed by atoms with Gasteiger partial charge in [0.2, 0.25) is 0 Å². The average molecular weight is 251 g/mol. The highest BCUT2D eigenvalue weighted by Gasteiger charge is 2.14. The molecule has 1 aromatic carbocycles. The van der Waals surface area contributed by atoms with Crippen molar-refractivity contribution in [3.63, 3.8) is 0 Å². The second-order valence-electron chi connectivity index (χ2n) is 4.52. The highest BCUT2D eigenvalue weighted by Crippen LogP contribution is 2.29. The number of carbonyl (C=O) groups excluding carboxylic acids is 1. The molecule has 0 radical (unpaired) electrons. The molecule has 0 saturated carbocycles. The molecule has 94 valence electrons. The Labute approximate surface area is 110 Å². The van der Waals surface area contributed by atoms with E-state index in [0.29, 0.717) is 11.3 Å². The first-order valence-electron chi connectivity index (χ1n) is 6.00. The first-order valence-corrected chi connectivity index (χ1v) is 6.00. The van der Waals surface area contributed by atoms with Crippen molar-refractivity contribution >= 4 is 16.8 Å². The second kappa shape index (κ2) is 4.24. The van der Waals surface area contributed by atoms with Gasteiger partial charge in [-0.2, -0.15) is 0 Å². The molecule has 3 aromatic rings. The number of aromatic nitrogens is 2. The van der Waals surface area contributed by atoms with E-state index in [-0.39, 0.29) is 0 Å². The Bertz CT molecular complexity index is 774. The minimum atomic E-state index is -0.467. The molecule has 0 unspecified atom stereocenters. The second-order valence-corrected chi connectivity index (χ2v) is 4.52. The van der Waals surface area contributed by atoms with Crippen molar-refractivity contribution in [1.82, 2.24) is 9.97 Å². The maximum absolute atomic E-state index is 11.5. The van der Waals surface area contributed by atoms with Crippen molar-refractivity contribution in [2.24, 2.45) is 5.73 Å². The lowest BCUT2D eigenvalue weighted by Crippen LogP contribution is -2.12. The van der Waals surface area contributed by atoms with E-state index in [1.54, 1.807) is 18.3 Å². The lowest BCUT2D eigenvalue weighted by Gasteiger charge is -2.04. The van der Waals surface area contributed by atoms with Crippen LogP contribution in [0.4, 0.5) is 0 Å². The molecule has 0 aliphatic carbocycles. The molecule has 1 amide bonds. The summed E-state index contributed by atoms with van der Waals surface area (Å²) in [4.78, 5) is 19.0. The van der Waals surface area contributed by atoms with E-state index in [1.807, 2.05) is 25.3 Å². The fourth-order valence-corrected chi connectivity index (χ4v) is 2.25. The van der Waals surface area contributed by atoms with E-state index in [4.69, 9.17) is 5.73 Å². The molecule has 0 atom stereocenters. The smallest absolute Gasteiger partial charge is 0.250 e. The van der Waals surface area contributed by atoms with E-state index in [0.717, 1.165) is 22.0 Å². The Morgan fingerprint density at radius 1 is 1.32 bits per heavy atom. The molecule has 3 rings (SSSR count). The molecule has 4 heteroatoms. The van der Waals surface area contributed by atoms with E-state index in [9.17, 15) is 4.79 Å². The number of primary amides is 1. The van der Waals surface area contributed by atoms with Gasteiger partial charge in [0.25, 0.3) is 5.91 Å². The lowest BCUT2D eigenvalue weighted by atomic mass is 10.0. The van der Waals surface area contributed by atoms with Crippen LogP contribution >= 0.6 is 0 Å². The minimum absolute atomic E-state index is 0.435. The zero-order valence-electron chi connectivity index (χ0n) is 10.5. The number of nitrogens with zero attached hydrogens (tertiary/aromatic N) is 1. The van der Waals surface area contributed by atoms with Crippen LogP contribution in [0.1, 0.15) is 15.9 Å². The number of hydrogen-bond donors (Lipinski definition) is 2. The first kappa shape index (κ1) is 11.5. The number of fused-ring (bicyclic) bond motifs is 1. The number of benzene rings is 1. The monoisotopic (exact) mass is 251 g/mol. The topological polar surface area (TPSA) is 71.8 Å². The Kier molecular flexibility index (Phi) is 2.56. The third kappa shape index (κ3) is 1.87. The van der Waals surface area contributed by atoms with Crippen molar-refractivity contribution in [1.29, 1.82) is 0 Å². The highest BCUT2D eigenvalue weighted by atomic mass is 16.1. The zero-order valence-corrected chi connectivity index (χ0v) is 10.5. The quantitative estimate of drug-likeness (QED) is 0.735. The van der Waals surface area contributed by atoms with Gasteiger partial charge in [0.1, 0.15) is 0 Å². The molecule has 3 N–H and O–H groups in total. The summed E-state index contributed by atoms with van der Waals surface area (Å²) >= 11 is 0. The van der Waals surface area contributed by atoms with Gasteiger partial charge in [-0.25, -0.2) is 0 Å². The average Bonchev–Trinajstić information content (AvgIpc) is 2.81. The molecule has 0 aliphatic heterocycles. The van der Waals surface area contributed by atoms with Crippen LogP contribution in [0.3, 0.4) is 0 Å². The van der Waals surface area contributed by atoms with E-state index < -0.39 is 5.91 Å². The number of hydrogen-bond acceptors (Lipinski definition) is 2. The first-order chi connectivity index (χ1) is 9.16. The van der Waals surface area contributed by atoms with Crippen molar-refractivity contribution in [3.05, 3.63) is 53.9 Å². The van der Waals surface area contributed by atoms with Gasteiger partial charge in [0.05, 0.1) is 11.3 Å². The van der Waals surface area contributed by atoms with Crippen LogP contribution in [-0.2, 0) is 0 Å². The van der Waals surface area contributed by atoms with Gasteiger partial charge < -0.3 is 10.7 Å². The third-order valence-corrected chi connectivity index (χ3v) is 3.17. The number of amides is 1. The van der Waals surface area contributed by atoms with Crippen molar-refractivity contribution in [2.45, 2.75) is 6.92 Å². The maximum atomic E-state index is 11.5. The largest absolute Gasteiger partial charge is 0.366 e. The highest BCUT2D eigenvalue weighted by molar-refractivity contribution is 6.04. The van der Waals surface area contributed by atoms with Gasteiger partial charge in [-0.05, 0) is 31.2 Å². The standard InChI is InChI=1S/C15H13N3O/c1-9-4-5-13-11(7-9)12(8-18-13)14-10(15(16)19)3-2-6-17-14/h2-8,18H,1H3,(H2,16,19). The molecular formula is C15H13N3O. The summed E-state index contributed by atoms with van der Waals surface area (Å²) in [7, 11) is 0. The summed E-state index contributed by atoms with van der Waals surface area (Å²) in [6.07, 6.45) is 3.52. The Morgan fingerprint density at radius 3 is 2.95 bits per heavy atom. The Balaban J connectivity index is 2.31. The third-order valence-electron chi connectivity index (χ3n) is 3.17. The maximum Gasteiger partial charge on any atom is 0.250 e. The lowest BCUT2D eigenvalue weighted by molar-refractivity contribution is 0.100. The van der Waals surface area contributed by atoms with Crippen LogP contribution in [0.25, 0.3) is 22.2 Å². The summed E-state index contributed by atoms with van der Waals surface area (Å²) in [5, 5.41) is 1.04. The van der Waals surface area contributed by atoms with Crippen LogP contribution in [0, 0.1) is 6.92 Å². The number of H-pyrrole nitrogens is 1. The van der Waals surface area contributed by atoms with Gasteiger partial charge in [0, 0.05) is 28.9 Å². The SMILES string of the molecule is Cc1ccc2[nH]cc(-c3ncccc3C(N)=O)c2c1. The van der Waals surface area contributed by atoms with Crippen LogP contribution in [0.2, 0.25) is 0 Å². The van der Waals surface area contributed by atoms with Gasteiger partial charge in [-0.1, -0.05) is 11.6 Å². The van der Waals surface area contributed by atoms with E-state index in [1.165, 1.54) is 0 Å². The van der Waals surface area contributed by atoms with Crippen LogP contribution in [0.5, 0.6) is 0 Å². The van der Waals surface area contributed by atoms with Crippen LogP contribution < -0.4 is 5.73 Å². The van der Waals surface area contributed by atoms with Crippen molar-refractivity contribution in [2.75, 3.05) is 0 Å². The van der Waals surface area contributed by atoms with Crippen LogP contribution in [-0.4, -0.2) is 15.9 Å². The number of nitrogens with two attached hydrogens (primary N) is 1. The number of rotatable bonds is 2. The summed E-state index contributed by atoms with van der Waals surface area (Å²) in [6, 6.07) is 9.53. The molecule has 4 nitrogen and oxygen atoms in total. The van der Waals surface area contributed by atoms with Crippen molar-refractivity contribution in [3.8, 4) is 11.3 Å². The van der Waals surface area contributed by atoms with E-state index in [2.05, 4.69) is 16.0 Å². The number of aromatic amines is 1. The van der Waals surface area contributed by atoms with Gasteiger partial charge in [-0.3, -0.25) is 9.78 Å². The summed E-state index contributed by atoms with van der Waals surface area (Å²) in [6.45, 7) is 2.03. The summed E-state index contributed by atoms with van der Waals surface area (Å²) < 4.78 is 0. The number of carbonyl (C=O) groups is 1. The Hall–Kier alpha value is -2.62. The predicted octanol–water partition coefficient (Wildman–Crippen LogP) is 2.64. The Morgan fingerprint density at radius 2 is 2.16 bits per heavy atom. The fraction of sp³-hybridized carbons (Fsp3) is 0.0667. The van der Waals surface area contributed by atoms with E-state index >= 15 is 0 Å². The molecular weight excluding hydrogens is 238 g/mol. The normalized spacial score (nSPS) is 10.8. The number of pyridine rings is 1. The zero-order chi connectivity index (χ0) is 13.4. The minimum Gasteiger partial charge on any atom is -0.366 e.